The van der Waals surface area contributed by atoms with Crippen LogP contribution in [-0.4, -0.2) is 232 Å². The van der Waals surface area contributed by atoms with Crippen LogP contribution in [0.2, 0.25) is 0 Å². The van der Waals surface area contributed by atoms with Crippen molar-refractivity contribution < 1.29 is 91.4 Å². The van der Waals surface area contributed by atoms with Crippen LogP contribution >= 0.6 is 11.8 Å². The Morgan fingerprint density at radius 1 is 0.549 bits per heavy atom. The maximum atomic E-state index is 15.5. The third-order valence-corrected chi connectivity index (χ3v) is 18.8. The molecule has 0 bridgehead atoms. The van der Waals surface area contributed by atoms with Crippen LogP contribution in [0.3, 0.4) is 0 Å². The van der Waals surface area contributed by atoms with E-state index in [-0.39, 0.29) is 64.0 Å². The Hall–Kier alpha value is -12.2. The van der Waals surface area contributed by atoms with E-state index < -0.39 is 224 Å². The monoisotopic (exact) mass is 1590 g/mol. The van der Waals surface area contributed by atoms with Gasteiger partial charge in [0.15, 0.2) is 0 Å². The molecule has 0 spiro atoms. The molecule has 0 aliphatic carbocycles. The maximum absolute atomic E-state index is 15.5. The van der Waals surface area contributed by atoms with E-state index in [1.54, 1.807) is 85.2 Å². The summed E-state index contributed by atoms with van der Waals surface area (Å²) in [6, 6.07) is 1.23. The van der Waals surface area contributed by atoms with Crippen LogP contribution in [-0.2, 0) is 101 Å². The van der Waals surface area contributed by atoms with Gasteiger partial charge in [-0.05, 0) is 92.3 Å². The molecule has 113 heavy (non-hydrogen) atoms. The van der Waals surface area contributed by atoms with E-state index in [2.05, 4.69) is 79.1 Å². The number of nitrogens with two attached hydrogens (primary N) is 6. The summed E-state index contributed by atoms with van der Waals surface area (Å²) in [6.45, 7) is 2.20. The van der Waals surface area contributed by atoms with Crippen LogP contribution in [0.15, 0.2) is 85.2 Å². The first-order chi connectivity index (χ1) is 53.7. The Labute approximate surface area is 652 Å². The maximum Gasteiger partial charge on any atom is 0.245 e. The number of aromatic amines is 2. The molecule has 28 N–H and O–H groups in total. The van der Waals surface area contributed by atoms with Gasteiger partial charge in [0.05, 0.1) is 19.1 Å². The highest BCUT2D eigenvalue weighted by Gasteiger charge is 2.39. The average Bonchev–Trinajstić information content (AvgIpc) is 1.73. The SMILES string of the molecule is CC(=O)NC[C@H](NC(=O)[C@H](CCCN)NC(=O)[C@H](Cc1c[nH]c2ccccc12)NC(=O)[C@H](Cc1ccc(OCCN)cc1)NC(=O)[C@@H]1CSCC[C@H](NC(C)=O)C(=O)N[C@@H](CCC(N)=O)C(=O)N[C@@H]([C@@H](C)O)C(=O)N[C@@H](Cc2c[nH]c3ccccc23)C(=O)N[C@@H](CCC(N)=O)C(=O)N1)C(=O)N[C@@H](CC(N)=O)C(=O)NCC(N)=O. The van der Waals surface area contributed by atoms with E-state index >= 15 is 19.2 Å². The van der Waals surface area contributed by atoms with Crippen molar-refractivity contribution >= 4 is 134 Å². The van der Waals surface area contributed by atoms with E-state index in [1.807, 2.05) is 0 Å². The number of rotatable bonds is 37. The van der Waals surface area contributed by atoms with Crippen LogP contribution in [0.4, 0.5) is 0 Å². The molecule has 5 aromatic rings. The first kappa shape index (κ1) is 89.7. The Balaban J connectivity index is 1.44. The number of ether oxygens (including phenoxy) is 1. The van der Waals surface area contributed by atoms with E-state index in [9.17, 15) is 67.4 Å². The first-order valence-corrected chi connectivity index (χ1v) is 37.3. The lowest BCUT2D eigenvalue weighted by Crippen LogP contribution is -2.62. The van der Waals surface area contributed by atoms with Crippen molar-refractivity contribution in [2.45, 2.75) is 164 Å². The van der Waals surface area contributed by atoms with Gasteiger partial charge in [-0.2, -0.15) is 11.8 Å². The third-order valence-electron chi connectivity index (χ3n) is 17.7. The van der Waals surface area contributed by atoms with E-state index in [0.717, 1.165) is 32.5 Å². The summed E-state index contributed by atoms with van der Waals surface area (Å²) >= 11 is 0.918. The number of fused-ring (bicyclic) bond motifs is 2. The summed E-state index contributed by atoms with van der Waals surface area (Å²) in [4.78, 5) is 241. The normalized spacial score (nSPS) is 18.8. The zero-order chi connectivity index (χ0) is 83.0. The minimum absolute atomic E-state index is 0.0423. The Kier molecular flexibility index (Phi) is 35.4. The molecule has 1 aliphatic rings. The molecule has 2 aromatic heterocycles. The van der Waals surface area contributed by atoms with Crippen molar-refractivity contribution in [2.75, 3.05) is 44.3 Å². The molecule has 0 saturated carbocycles. The van der Waals surface area contributed by atoms with Gasteiger partial charge in [-0.3, -0.25) is 81.5 Å². The number of amides is 17. The van der Waals surface area contributed by atoms with Gasteiger partial charge in [-0.25, -0.2) is 0 Å². The Morgan fingerprint density at radius 2 is 1.08 bits per heavy atom. The fourth-order valence-corrected chi connectivity index (χ4v) is 12.9. The lowest BCUT2D eigenvalue weighted by atomic mass is 10.0. The van der Waals surface area contributed by atoms with Gasteiger partial charge >= 0.3 is 0 Å². The third kappa shape index (κ3) is 29.2. The number of benzene rings is 3. The largest absolute Gasteiger partial charge is 0.492 e. The van der Waals surface area contributed by atoms with Gasteiger partial charge in [0.2, 0.25) is 100 Å². The van der Waals surface area contributed by atoms with Crippen LogP contribution in [0.5, 0.6) is 5.75 Å². The average molecular weight is 1590 g/mol. The van der Waals surface area contributed by atoms with E-state index in [4.69, 9.17) is 39.1 Å². The fraction of sp³-hybridized carbons (Fsp3) is 0.458. The van der Waals surface area contributed by atoms with Crippen molar-refractivity contribution in [3.05, 3.63) is 102 Å². The standard InChI is InChI=1S/C72H99N21O19S/c1-36(94)61-72(111)90-53(29-41-32-81-46-12-7-5-10-44(41)46)69(108)86-48(18-20-57(75)97)64(103)92-56(35-113-26-22-50(83-38(3)96)65(104)85-49(66(105)93-61)19-21-58(76)98)71(110)87-51(27-39-14-16-42(17-15-39)112-25-24-74)67(106)88-52(28-40-31-80-45-11-6-4-9-43(40)45)68(107)84-47(13-8-23-73)63(102)91-55(33-79-37(2)95)70(109)89-54(30-59(77)99)62(101)82-34-60(78)100/h4-7,9-12,14-17,31-32,36,47-56,61,80-81,94H,8,13,18-30,33-35,73-74H2,1-3H3,(H2,75,97)(H2,76,98)(H2,77,99)(H2,78,100)(H,79,95)(H,82,101)(H,83,96)(H,84,107)(H,85,104)(H,86,108)(H,87,110)(H,88,106)(H,89,109)(H,90,111)(H,91,102)(H,92,103)(H,93,105)/t36-,47+,48+,49+,50+,51+,52+,53+,54+,55+,56+,61+/m1/s1. The molecule has 6 rings (SSSR count). The molecule has 17 amide bonds. The van der Waals surface area contributed by atoms with Gasteiger partial charge in [-0.15, -0.1) is 0 Å². The second-order valence-electron chi connectivity index (χ2n) is 26.7. The molecule has 3 heterocycles. The molecule has 1 aliphatic heterocycles. The molecule has 40 nitrogen and oxygen atoms in total. The summed E-state index contributed by atoms with van der Waals surface area (Å²) in [5, 5.41) is 44.7. The molecular formula is C72H99N21O19S. The topological polar surface area (TPSA) is 664 Å². The highest BCUT2D eigenvalue weighted by atomic mass is 32.2. The van der Waals surface area contributed by atoms with Crippen LogP contribution < -0.4 is 108 Å². The number of hydrogen-bond donors (Lipinski definition) is 22. The first-order valence-electron chi connectivity index (χ1n) is 36.2. The Morgan fingerprint density at radius 3 is 1.65 bits per heavy atom. The summed E-state index contributed by atoms with van der Waals surface area (Å²) in [7, 11) is 0. The molecule has 1 saturated heterocycles. The van der Waals surface area contributed by atoms with Gasteiger partial charge < -0.3 is 123 Å². The number of thioether (sulfide) groups is 1. The second-order valence-corrected chi connectivity index (χ2v) is 27.9. The molecule has 1 fully saturated rings. The zero-order valence-electron chi connectivity index (χ0n) is 62.4. The lowest BCUT2D eigenvalue weighted by molar-refractivity contribution is -0.137. The van der Waals surface area contributed by atoms with Crippen LogP contribution in [0, 0.1) is 0 Å². The summed E-state index contributed by atoms with van der Waals surface area (Å²) in [5.41, 5.74) is 35.7. The highest BCUT2D eigenvalue weighted by molar-refractivity contribution is 7.99. The van der Waals surface area contributed by atoms with Crippen LogP contribution in [0.25, 0.3) is 21.8 Å². The quantitative estimate of drug-likeness (QED) is 0.0176. The highest BCUT2D eigenvalue weighted by Crippen LogP contribution is 2.23. The minimum atomic E-state index is -1.89. The molecular weight excluding hydrogens is 1490 g/mol. The number of primary amides is 4. The molecule has 3 aromatic carbocycles. The molecule has 0 unspecified atom stereocenters. The number of nitrogens with one attached hydrogen (secondary N) is 15. The summed E-state index contributed by atoms with van der Waals surface area (Å²) in [6.07, 6.45) is -2.99. The summed E-state index contributed by atoms with van der Waals surface area (Å²) in [5.74, 6) is -17.5. The number of aliphatic hydroxyl groups excluding tert-OH is 1. The number of H-pyrrole nitrogens is 2. The smallest absolute Gasteiger partial charge is 0.245 e. The lowest BCUT2D eigenvalue weighted by Gasteiger charge is -2.29. The second kappa shape index (κ2) is 44.6. The number of aromatic nitrogens is 2. The molecule has 12 atom stereocenters. The van der Waals surface area contributed by atoms with Gasteiger partial charge in [-0.1, -0.05) is 48.5 Å². The van der Waals surface area contributed by atoms with Crippen molar-refractivity contribution in [3.8, 4) is 5.75 Å². The van der Waals surface area contributed by atoms with Crippen molar-refractivity contribution in [2.24, 2.45) is 34.4 Å². The van der Waals surface area contributed by atoms with Gasteiger partial charge in [0, 0.05) is 99.0 Å². The predicted octanol–water partition coefficient (Wildman–Crippen LogP) is -7.23. The van der Waals surface area contributed by atoms with Gasteiger partial charge in [0.25, 0.3) is 0 Å². The number of carbonyl (C=O) groups is 17. The van der Waals surface area contributed by atoms with Crippen LogP contribution in [0.1, 0.15) is 88.8 Å². The van der Waals surface area contributed by atoms with E-state index in [0.29, 0.717) is 44.2 Å². The Bertz CT molecular complexity index is 4250. The van der Waals surface area contributed by atoms with Crippen molar-refractivity contribution in [1.82, 2.24) is 79.1 Å². The number of aliphatic hydroxyl groups is 1. The zero-order valence-corrected chi connectivity index (χ0v) is 63.2. The van der Waals surface area contributed by atoms with Gasteiger partial charge in [0.1, 0.15) is 78.8 Å². The van der Waals surface area contributed by atoms with Crippen molar-refractivity contribution in [1.29, 1.82) is 0 Å². The van der Waals surface area contributed by atoms with E-state index in [1.165, 1.54) is 0 Å². The summed E-state index contributed by atoms with van der Waals surface area (Å²) < 4.78 is 5.69. The number of para-hydroxylation sites is 2. The van der Waals surface area contributed by atoms with Crippen molar-refractivity contribution in [3.63, 3.8) is 0 Å². The molecule has 41 heteroatoms. The fourth-order valence-electron chi connectivity index (χ4n) is 11.9. The number of carbonyl (C=O) groups excluding carboxylic acids is 17. The molecule has 612 valence electrons. The molecule has 0 radical (unpaired) electrons. The predicted molar refractivity (Wildman–Crippen MR) is 409 cm³/mol. The minimum Gasteiger partial charge on any atom is -0.492 e. The number of hydrogen-bond acceptors (Lipinski definition) is 22.